The predicted molar refractivity (Wildman–Crippen MR) is 91.0 cm³/mol. The largest absolute Gasteiger partial charge is 0.353 e. The molecule has 116 valence electrons. The lowest BCUT2D eigenvalue weighted by Gasteiger charge is -2.12. The van der Waals surface area contributed by atoms with Crippen LogP contribution >= 0.6 is 11.8 Å². The zero-order chi connectivity index (χ0) is 15.5. The topological polar surface area (TPSA) is 46.9 Å². The maximum absolute atomic E-state index is 12.1. The molecule has 1 amide bonds. The van der Waals surface area contributed by atoms with E-state index >= 15 is 0 Å². The van der Waals surface area contributed by atoms with Gasteiger partial charge in [0.05, 0.1) is 16.8 Å². The number of nitrogens with one attached hydrogen (secondary N) is 1. The Hall–Kier alpha value is -1.75. The fourth-order valence-corrected chi connectivity index (χ4v) is 3.44. The number of fused-ring (bicyclic) bond motifs is 1. The van der Waals surface area contributed by atoms with Crippen molar-refractivity contribution in [2.24, 2.45) is 5.92 Å². The van der Waals surface area contributed by atoms with Gasteiger partial charge in [0.1, 0.15) is 0 Å². The lowest BCUT2D eigenvalue weighted by molar-refractivity contribution is -0.119. The van der Waals surface area contributed by atoms with Gasteiger partial charge in [-0.2, -0.15) is 0 Å². The van der Waals surface area contributed by atoms with Crippen molar-refractivity contribution in [3.63, 3.8) is 0 Å². The van der Waals surface area contributed by atoms with Crippen molar-refractivity contribution in [2.45, 2.75) is 37.5 Å². The third kappa shape index (κ3) is 3.35. The minimum atomic E-state index is 0.0848. The SMILES string of the molecule is C=CCn1c(SCC(=O)NC(C)C2CC2)nc2ccccc21. The van der Waals surface area contributed by atoms with Gasteiger partial charge in [0.15, 0.2) is 5.16 Å². The maximum Gasteiger partial charge on any atom is 0.230 e. The molecule has 0 spiro atoms. The van der Waals surface area contributed by atoms with Gasteiger partial charge >= 0.3 is 0 Å². The minimum Gasteiger partial charge on any atom is -0.353 e. The van der Waals surface area contributed by atoms with Crippen LogP contribution in [0.25, 0.3) is 11.0 Å². The number of thioether (sulfide) groups is 1. The van der Waals surface area contributed by atoms with E-state index in [4.69, 9.17) is 0 Å². The Kier molecular flexibility index (Phi) is 4.52. The summed E-state index contributed by atoms with van der Waals surface area (Å²) in [6.07, 6.45) is 4.33. The smallest absolute Gasteiger partial charge is 0.230 e. The first-order valence-electron chi connectivity index (χ1n) is 7.67. The molecular weight excluding hydrogens is 294 g/mol. The van der Waals surface area contributed by atoms with Crippen LogP contribution in [0.15, 0.2) is 42.1 Å². The third-order valence-electron chi connectivity index (χ3n) is 3.98. The van der Waals surface area contributed by atoms with E-state index < -0.39 is 0 Å². The predicted octanol–water partition coefficient (Wildman–Crippen LogP) is 3.23. The summed E-state index contributed by atoms with van der Waals surface area (Å²) in [5.74, 6) is 1.17. The molecule has 5 heteroatoms. The Morgan fingerprint density at radius 2 is 2.32 bits per heavy atom. The number of carbonyl (C=O) groups is 1. The number of rotatable bonds is 7. The van der Waals surface area contributed by atoms with Crippen molar-refractivity contribution in [2.75, 3.05) is 5.75 Å². The van der Waals surface area contributed by atoms with E-state index in [1.54, 1.807) is 0 Å². The Labute approximate surface area is 135 Å². The van der Waals surface area contributed by atoms with Crippen LogP contribution in [0.1, 0.15) is 19.8 Å². The average Bonchev–Trinajstić information content (AvgIpc) is 3.30. The van der Waals surface area contributed by atoms with E-state index in [1.165, 1.54) is 24.6 Å². The molecule has 1 aliphatic carbocycles. The molecule has 1 aliphatic rings. The fourth-order valence-electron chi connectivity index (χ4n) is 2.61. The zero-order valence-corrected chi connectivity index (χ0v) is 13.6. The third-order valence-corrected chi connectivity index (χ3v) is 4.96. The molecule has 1 heterocycles. The summed E-state index contributed by atoms with van der Waals surface area (Å²) in [6, 6.07) is 8.31. The van der Waals surface area contributed by atoms with Gasteiger partial charge in [-0.15, -0.1) is 6.58 Å². The van der Waals surface area contributed by atoms with Crippen LogP contribution in [0.3, 0.4) is 0 Å². The van der Waals surface area contributed by atoms with E-state index in [0.29, 0.717) is 24.3 Å². The highest BCUT2D eigenvalue weighted by atomic mass is 32.2. The van der Waals surface area contributed by atoms with Crippen molar-refractivity contribution in [3.05, 3.63) is 36.9 Å². The van der Waals surface area contributed by atoms with Gasteiger partial charge in [-0.25, -0.2) is 4.98 Å². The van der Waals surface area contributed by atoms with Gasteiger partial charge in [-0.3, -0.25) is 4.79 Å². The first-order valence-corrected chi connectivity index (χ1v) is 8.66. The second kappa shape index (κ2) is 6.57. The molecule has 1 atom stereocenters. The molecule has 1 fully saturated rings. The number of carbonyl (C=O) groups excluding carboxylic acids is 1. The number of nitrogens with zero attached hydrogens (tertiary/aromatic N) is 2. The molecule has 22 heavy (non-hydrogen) atoms. The van der Waals surface area contributed by atoms with Crippen LogP contribution in [0.2, 0.25) is 0 Å². The number of benzene rings is 1. The monoisotopic (exact) mass is 315 g/mol. The van der Waals surface area contributed by atoms with Gasteiger partial charge in [0.2, 0.25) is 5.91 Å². The molecule has 1 aromatic carbocycles. The summed E-state index contributed by atoms with van der Waals surface area (Å²) in [6.45, 7) is 6.60. The highest BCUT2D eigenvalue weighted by Gasteiger charge is 2.28. The number of imidazole rings is 1. The van der Waals surface area contributed by atoms with Gasteiger partial charge in [0.25, 0.3) is 0 Å². The van der Waals surface area contributed by atoms with E-state index in [1.807, 2.05) is 30.3 Å². The molecule has 1 saturated carbocycles. The van der Waals surface area contributed by atoms with Gasteiger partial charge in [-0.1, -0.05) is 30.0 Å². The average molecular weight is 315 g/mol. The molecule has 3 rings (SSSR count). The van der Waals surface area contributed by atoms with Crippen LogP contribution in [0.5, 0.6) is 0 Å². The lowest BCUT2D eigenvalue weighted by Crippen LogP contribution is -2.35. The van der Waals surface area contributed by atoms with Crippen molar-refractivity contribution < 1.29 is 4.79 Å². The molecule has 1 N–H and O–H groups in total. The lowest BCUT2D eigenvalue weighted by atomic mass is 10.2. The van der Waals surface area contributed by atoms with Crippen molar-refractivity contribution in [3.8, 4) is 0 Å². The molecular formula is C17H21N3OS. The summed E-state index contributed by atoms with van der Waals surface area (Å²) in [5, 5.41) is 3.95. The normalized spacial score (nSPS) is 15.7. The maximum atomic E-state index is 12.1. The second-order valence-corrected chi connectivity index (χ2v) is 6.71. The first kappa shape index (κ1) is 15.2. The van der Waals surface area contributed by atoms with Gasteiger partial charge in [-0.05, 0) is 37.8 Å². The van der Waals surface area contributed by atoms with Crippen LogP contribution in [0.4, 0.5) is 0 Å². The molecule has 2 aromatic rings. The summed E-state index contributed by atoms with van der Waals surface area (Å²) < 4.78 is 2.10. The first-order chi connectivity index (χ1) is 10.7. The number of amides is 1. The van der Waals surface area contributed by atoms with Gasteiger partial charge in [0, 0.05) is 12.6 Å². The van der Waals surface area contributed by atoms with E-state index in [-0.39, 0.29) is 5.91 Å². The fraction of sp³-hybridized carbons (Fsp3) is 0.412. The Morgan fingerprint density at radius 1 is 1.55 bits per heavy atom. The standard InChI is InChI=1S/C17H21N3OS/c1-3-10-20-15-7-5-4-6-14(15)19-17(20)22-11-16(21)18-12(2)13-8-9-13/h3-7,12-13H,1,8-11H2,2H3,(H,18,21). The number of allylic oxidation sites excluding steroid dienone is 1. The van der Waals surface area contributed by atoms with Gasteiger partial charge < -0.3 is 9.88 Å². The number of para-hydroxylation sites is 2. The second-order valence-electron chi connectivity index (χ2n) is 5.76. The molecule has 0 radical (unpaired) electrons. The zero-order valence-electron chi connectivity index (χ0n) is 12.8. The Bertz CT molecular complexity index is 690. The van der Waals surface area contributed by atoms with E-state index in [2.05, 4.69) is 28.4 Å². The molecule has 0 aliphatic heterocycles. The summed E-state index contributed by atoms with van der Waals surface area (Å²) in [7, 11) is 0. The number of hydrogen-bond donors (Lipinski definition) is 1. The Morgan fingerprint density at radius 3 is 3.05 bits per heavy atom. The van der Waals surface area contributed by atoms with Crippen LogP contribution in [-0.2, 0) is 11.3 Å². The summed E-state index contributed by atoms with van der Waals surface area (Å²) in [4.78, 5) is 16.7. The van der Waals surface area contributed by atoms with Crippen LogP contribution in [0, 0.1) is 5.92 Å². The number of aromatic nitrogens is 2. The highest BCUT2D eigenvalue weighted by molar-refractivity contribution is 7.99. The number of hydrogen-bond acceptors (Lipinski definition) is 3. The quantitative estimate of drug-likeness (QED) is 0.630. The van der Waals surface area contributed by atoms with Crippen LogP contribution in [-0.4, -0.2) is 27.3 Å². The van der Waals surface area contributed by atoms with E-state index in [0.717, 1.165) is 16.2 Å². The van der Waals surface area contributed by atoms with Crippen molar-refractivity contribution >= 4 is 28.7 Å². The minimum absolute atomic E-state index is 0.0848. The van der Waals surface area contributed by atoms with E-state index in [9.17, 15) is 4.79 Å². The molecule has 0 bridgehead atoms. The Balaban J connectivity index is 1.68. The molecule has 0 saturated heterocycles. The summed E-state index contributed by atoms with van der Waals surface area (Å²) >= 11 is 1.49. The van der Waals surface area contributed by atoms with Crippen molar-refractivity contribution in [1.29, 1.82) is 0 Å². The van der Waals surface area contributed by atoms with Crippen LogP contribution < -0.4 is 5.32 Å². The summed E-state index contributed by atoms with van der Waals surface area (Å²) in [5.41, 5.74) is 2.04. The molecule has 1 unspecified atom stereocenters. The molecule has 4 nitrogen and oxygen atoms in total. The molecule has 1 aromatic heterocycles. The highest BCUT2D eigenvalue weighted by Crippen LogP contribution is 2.32. The van der Waals surface area contributed by atoms with Crippen molar-refractivity contribution in [1.82, 2.24) is 14.9 Å².